The van der Waals surface area contributed by atoms with Crippen LogP contribution >= 0.6 is 23.4 Å². The summed E-state index contributed by atoms with van der Waals surface area (Å²) in [5.74, 6) is -0.803. The van der Waals surface area contributed by atoms with Crippen LogP contribution in [0.5, 0.6) is 0 Å². The van der Waals surface area contributed by atoms with E-state index in [-0.39, 0.29) is 38.9 Å². The number of aromatic nitrogens is 1. The van der Waals surface area contributed by atoms with Gasteiger partial charge in [0.2, 0.25) is 0 Å². The first-order valence-corrected chi connectivity index (χ1v) is 10.3. The van der Waals surface area contributed by atoms with E-state index in [9.17, 15) is 28.5 Å². The third kappa shape index (κ3) is 4.70. The number of carbonyl (C=O) groups excluding carboxylic acids is 1. The second-order valence-corrected chi connectivity index (χ2v) is 7.79. The number of Topliss-reactive ketones (excluding diaryl/α,β-unsaturated/α-hetero) is 1. The van der Waals surface area contributed by atoms with Gasteiger partial charge in [-0.2, -0.15) is 23.7 Å². The fraction of sp³-hybridized carbons (Fsp3) is 0.0909. The van der Waals surface area contributed by atoms with Crippen LogP contribution in [0.2, 0.25) is 5.02 Å². The Hall–Kier alpha value is -3.53. The number of nitriles is 2. The van der Waals surface area contributed by atoms with Gasteiger partial charge in [-0.05, 0) is 18.2 Å². The molecule has 32 heavy (non-hydrogen) atoms. The van der Waals surface area contributed by atoms with Crippen molar-refractivity contribution in [2.45, 2.75) is 11.2 Å². The van der Waals surface area contributed by atoms with Gasteiger partial charge in [-0.1, -0.05) is 53.7 Å². The Balaban J connectivity index is 1.96. The van der Waals surface area contributed by atoms with Gasteiger partial charge < -0.3 is 5.73 Å². The summed E-state index contributed by atoms with van der Waals surface area (Å²) in [5, 5.41) is 19.7. The number of nitrogen functional groups attached to an aromatic ring is 1. The van der Waals surface area contributed by atoms with Crippen LogP contribution in [0.4, 0.5) is 19.0 Å². The second kappa shape index (κ2) is 9.31. The van der Waals surface area contributed by atoms with Crippen molar-refractivity contribution in [3.63, 3.8) is 0 Å². The molecule has 0 aliphatic heterocycles. The Bertz CT molecular complexity index is 1280. The number of pyridine rings is 1. The molecule has 0 bridgehead atoms. The summed E-state index contributed by atoms with van der Waals surface area (Å²) in [5.41, 5.74) is 5.76. The van der Waals surface area contributed by atoms with Gasteiger partial charge in [0.15, 0.2) is 5.78 Å². The van der Waals surface area contributed by atoms with Gasteiger partial charge >= 0.3 is 6.18 Å². The van der Waals surface area contributed by atoms with Crippen LogP contribution in [0, 0.1) is 22.7 Å². The van der Waals surface area contributed by atoms with Gasteiger partial charge in [0.25, 0.3) is 0 Å². The van der Waals surface area contributed by atoms with Gasteiger partial charge in [0.05, 0.1) is 16.9 Å². The molecule has 0 unspecified atom stereocenters. The van der Waals surface area contributed by atoms with Crippen molar-refractivity contribution in [1.29, 1.82) is 10.5 Å². The third-order valence-corrected chi connectivity index (χ3v) is 5.74. The predicted molar refractivity (Wildman–Crippen MR) is 115 cm³/mol. The molecule has 0 atom stereocenters. The number of carbonyl (C=O) groups is 1. The van der Waals surface area contributed by atoms with E-state index in [0.717, 1.165) is 36.0 Å². The van der Waals surface area contributed by atoms with Gasteiger partial charge in [-0.25, -0.2) is 4.98 Å². The summed E-state index contributed by atoms with van der Waals surface area (Å²) in [6, 6.07) is 14.3. The van der Waals surface area contributed by atoms with E-state index in [2.05, 4.69) is 4.98 Å². The van der Waals surface area contributed by atoms with E-state index in [1.165, 1.54) is 0 Å². The van der Waals surface area contributed by atoms with Crippen LogP contribution in [0.25, 0.3) is 11.1 Å². The number of ketones is 1. The largest absolute Gasteiger partial charge is 0.416 e. The summed E-state index contributed by atoms with van der Waals surface area (Å²) in [6.07, 6.45) is -4.50. The zero-order valence-corrected chi connectivity index (χ0v) is 17.6. The van der Waals surface area contributed by atoms with E-state index < -0.39 is 17.5 Å². The maximum Gasteiger partial charge on any atom is 0.416 e. The standard InChI is InChI=1S/C22H12ClF3N4OS/c23-17-4-2-1-3-14(17)19-15(9-27)20(29)30-21(16(19)10-28)32-11-18(31)12-5-7-13(8-6-12)22(24,25)26/h1-8H,11H2,(H2,29,30). The topological polar surface area (TPSA) is 104 Å². The van der Waals surface area contributed by atoms with Gasteiger partial charge in [-0.15, -0.1) is 0 Å². The minimum absolute atomic E-state index is 0.0203. The molecular weight excluding hydrogens is 461 g/mol. The first kappa shape index (κ1) is 23.1. The number of hydrogen-bond donors (Lipinski definition) is 1. The number of thioether (sulfide) groups is 1. The van der Waals surface area contributed by atoms with Crippen molar-refractivity contribution in [3.8, 4) is 23.3 Å². The lowest BCUT2D eigenvalue weighted by Gasteiger charge is -2.14. The Morgan fingerprint density at radius 1 is 1.06 bits per heavy atom. The summed E-state index contributed by atoms with van der Waals surface area (Å²) in [6.45, 7) is 0. The predicted octanol–water partition coefficient (Wildman–Crippen LogP) is 5.72. The molecule has 2 N–H and O–H groups in total. The van der Waals surface area contributed by atoms with Crippen LogP contribution in [0.15, 0.2) is 53.6 Å². The van der Waals surface area contributed by atoms with E-state index >= 15 is 0 Å². The molecule has 3 aromatic rings. The Labute approximate surface area is 190 Å². The number of alkyl halides is 3. The molecule has 5 nitrogen and oxygen atoms in total. The number of nitrogens with two attached hydrogens (primary N) is 1. The molecule has 1 heterocycles. The van der Waals surface area contributed by atoms with Crippen LogP contribution in [-0.2, 0) is 6.18 Å². The average molecular weight is 473 g/mol. The first-order valence-electron chi connectivity index (χ1n) is 8.89. The van der Waals surface area contributed by atoms with Crippen molar-refractivity contribution >= 4 is 35.0 Å². The minimum atomic E-state index is -4.50. The fourth-order valence-corrected chi connectivity index (χ4v) is 4.02. The molecule has 0 saturated carbocycles. The second-order valence-electron chi connectivity index (χ2n) is 6.42. The quantitative estimate of drug-likeness (QED) is 0.376. The molecule has 160 valence electrons. The van der Waals surface area contributed by atoms with Crippen LogP contribution in [-0.4, -0.2) is 16.5 Å². The lowest BCUT2D eigenvalue weighted by molar-refractivity contribution is -0.137. The Morgan fingerprint density at radius 3 is 2.25 bits per heavy atom. The molecule has 1 aromatic heterocycles. The molecule has 0 saturated heterocycles. The van der Waals surface area contributed by atoms with Crippen molar-refractivity contribution in [2.75, 3.05) is 11.5 Å². The number of hydrogen-bond acceptors (Lipinski definition) is 6. The van der Waals surface area contributed by atoms with Gasteiger partial charge in [-0.3, -0.25) is 4.79 Å². The molecular formula is C22H12ClF3N4OS. The average Bonchev–Trinajstić information content (AvgIpc) is 2.76. The Morgan fingerprint density at radius 2 is 1.69 bits per heavy atom. The zero-order valence-electron chi connectivity index (χ0n) is 16.1. The molecule has 0 amide bonds. The third-order valence-electron chi connectivity index (χ3n) is 4.43. The molecule has 0 radical (unpaired) electrons. The molecule has 0 aliphatic carbocycles. The van der Waals surface area contributed by atoms with Crippen LogP contribution in [0.1, 0.15) is 27.0 Å². The fourth-order valence-electron chi connectivity index (χ4n) is 2.90. The van der Waals surface area contributed by atoms with Gasteiger partial charge in [0, 0.05) is 21.7 Å². The normalized spacial score (nSPS) is 10.9. The summed E-state index contributed by atoms with van der Waals surface area (Å²) in [4.78, 5) is 16.6. The van der Waals surface area contributed by atoms with E-state index in [0.29, 0.717) is 10.6 Å². The number of halogens is 4. The number of benzene rings is 2. The smallest absolute Gasteiger partial charge is 0.383 e. The van der Waals surface area contributed by atoms with Crippen LogP contribution in [0.3, 0.4) is 0 Å². The van der Waals surface area contributed by atoms with E-state index in [1.807, 2.05) is 12.1 Å². The molecule has 0 spiro atoms. The van der Waals surface area contributed by atoms with Gasteiger partial charge in [0.1, 0.15) is 28.5 Å². The SMILES string of the molecule is N#Cc1c(N)nc(SCC(=O)c2ccc(C(F)(F)F)cc2)c(C#N)c1-c1ccccc1Cl. The summed E-state index contributed by atoms with van der Waals surface area (Å²) < 4.78 is 38.1. The van der Waals surface area contributed by atoms with Crippen molar-refractivity contribution in [2.24, 2.45) is 0 Å². The lowest BCUT2D eigenvalue weighted by Crippen LogP contribution is -2.08. The minimum Gasteiger partial charge on any atom is -0.383 e. The number of rotatable bonds is 5. The van der Waals surface area contributed by atoms with Crippen molar-refractivity contribution in [1.82, 2.24) is 4.98 Å². The molecule has 0 fully saturated rings. The molecule has 3 rings (SSSR count). The van der Waals surface area contributed by atoms with E-state index in [4.69, 9.17) is 17.3 Å². The van der Waals surface area contributed by atoms with Crippen LogP contribution < -0.4 is 5.73 Å². The zero-order chi connectivity index (χ0) is 23.5. The van der Waals surface area contributed by atoms with E-state index in [1.54, 1.807) is 24.3 Å². The van der Waals surface area contributed by atoms with Crippen molar-refractivity contribution < 1.29 is 18.0 Å². The van der Waals surface area contributed by atoms with Crippen molar-refractivity contribution in [3.05, 3.63) is 75.8 Å². The summed E-state index contributed by atoms with van der Waals surface area (Å²) in [7, 11) is 0. The highest BCUT2D eigenvalue weighted by Gasteiger charge is 2.30. The molecule has 10 heteroatoms. The lowest BCUT2D eigenvalue weighted by atomic mass is 9.97. The maximum atomic E-state index is 12.7. The highest BCUT2D eigenvalue weighted by molar-refractivity contribution is 8.00. The molecule has 0 aliphatic rings. The number of anilines is 1. The monoisotopic (exact) mass is 472 g/mol. The highest BCUT2D eigenvalue weighted by Crippen LogP contribution is 2.38. The number of nitrogens with zero attached hydrogens (tertiary/aromatic N) is 3. The summed E-state index contributed by atoms with van der Waals surface area (Å²) >= 11 is 7.15. The Kier molecular flexibility index (Phi) is 6.73. The maximum absolute atomic E-state index is 12.7. The highest BCUT2D eigenvalue weighted by atomic mass is 35.5. The molecule has 2 aromatic carbocycles. The first-order chi connectivity index (χ1) is 15.2.